The van der Waals surface area contributed by atoms with Gasteiger partial charge in [0.1, 0.15) is 0 Å². The van der Waals surface area contributed by atoms with Crippen molar-refractivity contribution >= 4 is 11.4 Å². The van der Waals surface area contributed by atoms with Gasteiger partial charge in [0.05, 0.1) is 0 Å². The van der Waals surface area contributed by atoms with E-state index in [1.165, 1.54) is 24.3 Å². The van der Waals surface area contributed by atoms with Gasteiger partial charge in [-0.05, 0) is 35.4 Å². The van der Waals surface area contributed by atoms with Crippen molar-refractivity contribution in [3.8, 4) is 11.1 Å². The van der Waals surface area contributed by atoms with Gasteiger partial charge in [-0.1, -0.05) is 12.1 Å². The summed E-state index contributed by atoms with van der Waals surface area (Å²) in [7, 11) is 0. The van der Waals surface area contributed by atoms with Gasteiger partial charge < -0.3 is 11.5 Å². The summed E-state index contributed by atoms with van der Waals surface area (Å²) < 4.78 is 52.2. The van der Waals surface area contributed by atoms with Gasteiger partial charge in [-0.2, -0.15) is 0 Å². The van der Waals surface area contributed by atoms with Crippen molar-refractivity contribution in [2.45, 2.75) is 12.9 Å². The normalized spacial score (nSPS) is 11.3. The minimum Gasteiger partial charge on any atom is -0.399 e. The second kappa shape index (κ2) is 5.40. The first kappa shape index (κ1) is 14.2. The number of rotatable bonds is 3. The fourth-order valence-corrected chi connectivity index (χ4v) is 2.01. The highest BCUT2D eigenvalue weighted by molar-refractivity contribution is 5.75. The number of halogens is 4. The standard InChI is InChI=1S/C14H12F4N2/c15-13(16)11-5-7(19)1-3-9(11)10-4-2-8(20)6-12(10)14(17)18/h1-6,13-14H,19-20H2. The molecule has 2 nitrogen and oxygen atoms in total. The largest absolute Gasteiger partial charge is 0.399 e. The summed E-state index contributed by atoms with van der Waals surface area (Å²) in [6.45, 7) is 0. The lowest BCUT2D eigenvalue weighted by molar-refractivity contribution is 0.149. The highest BCUT2D eigenvalue weighted by atomic mass is 19.3. The second-order valence-electron chi connectivity index (χ2n) is 4.29. The topological polar surface area (TPSA) is 52.0 Å². The molecule has 4 N–H and O–H groups in total. The molecule has 0 fully saturated rings. The summed E-state index contributed by atoms with van der Waals surface area (Å²) >= 11 is 0. The van der Waals surface area contributed by atoms with Crippen LogP contribution >= 0.6 is 0 Å². The Morgan fingerprint density at radius 1 is 0.650 bits per heavy atom. The Balaban J connectivity index is 2.68. The van der Waals surface area contributed by atoms with Crippen LogP contribution in [-0.4, -0.2) is 0 Å². The summed E-state index contributed by atoms with van der Waals surface area (Å²) in [6.07, 6.45) is -5.62. The molecule has 0 amide bonds. The smallest absolute Gasteiger partial charge is 0.264 e. The molecule has 0 aliphatic carbocycles. The van der Waals surface area contributed by atoms with E-state index in [1.54, 1.807) is 0 Å². The molecule has 0 aromatic heterocycles. The molecule has 0 aliphatic rings. The zero-order valence-electron chi connectivity index (χ0n) is 10.3. The van der Waals surface area contributed by atoms with Crippen LogP contribution in [0.5, 0.6) is 0 Å². The number of anilines is 2. The maximum Gasteiger partial charge on any atom is 0.264 e. The molecule has 2 rings (SSSR count). The van der Waals surface area contributed by atoms with Gasteiger partial charge in [-0.15, -0.1) is 0 Å². The van der Waals surface area contributed by atoms with E-state index in [2.05, 4.69) is 0 Å². The van der Waals surface area contributed by atoms with Gasteiger partial charge in [0.25, 0.3) is 12.9 Å². The van der Waals surface area contributed by atoms with E-state index in [-0.39, 0.29) is 33.6 Å². The average molecular weight is 284 g/mol. The fraction of sp³-hybridized carbons (Fsp3) is 0.143. The van der Waals surface area contributed by atoms with Crippen molar-refractivity contribution in [2.75, 3.05) is 11.5 Å². The molecule has 0 saturated heterocycles. The monoisotopic (exact) mass is 284 g/mol. The third-order valence-electron chi connectivity index (χ3n) is 2.91. The molecule has 0 bridgehead atoms. The minimum absolute atomic E-state index is 0.0319. The molecule has 0 aliphatic heterocycles. The van der Waals surface area contributed by atoms with Gasteiger partial charge >= 0.3 is 0 Å². The van der Waals surface area contributed by atoms with Crippen molar-refractivity contribution in [1.82, 2.24) is 0 Å². The highest BCUT2D eigenvalue weighted by Gasteiger charge is 2.20. The van der Waals surface area contributed by atoms with Crippen molar-refractivity contribution in [3.63, 3.8) is 0 Å². The van der Waals surface area contributed by atoms with Gasteiger partial charge in [-0.3, -0.25) is 0 Å². The van der Waals surface area contributed by atoms with Crippen molar-refractivity contribution < 1.29 is 17.6 Å². The first-order valence-electron chi connectivity index (χ1n) is 5.75. The molecule has 0 saturated carbocycles. The SMILES string of the molecule is Nc1ccc(-c2ccc(N)cc2C(F)F)c(C(F)F)c1. The van der Waals surface area contributed by atoms with Crippen LogP contribution in [0.4, 0.5) is 28.9 Å². The second-order valence-corrected chi connectivity index (χ2v) is 4.29. The molecule has 6 heteroatoms. The molecular formula is C14H12F4N2. The van der Waals surface area contributed by atoms with E-state index in [9.17, 15) is 17.6 Å². The Bertz CT molecular complexity index is 571. The molecule has 2 aromatic carbocycles. The molecule has 0 heterocycles. The Hall–Kier alpha value is -2.24. The molecule has 0 unspecified atom stereocenters. The molecule has 106 valence electrons. The Morgan fingerprint density at radius 3 is 1.30 bits per heavy atom. The van der Waals surface area contributed by atoms with Crippen molar-refractivity contribution in [1.29, 1.82) is 0 Å². The van der Waals surface area contributed by atoms with Gasteiger partial charge in [0, 0.05) is 22.5 Å². The number of hydrogen-bond donors (Lipinski definition) is 2. The third kappa shape index (κ3) is 2.68. The summed E-state index contributed by atoms with van der Waals surface area (Å²) in [4.78, 5) is 0. The number of alkyl halides is 4. The Morgan fingerprint density at radius 2 is 1.00 bits per heavy atom. The highest BCUT2D eigenvalue weighted by Crippen LogP contribution is 2.38. The quantitative estimate of drug-likeness (QED) is 0.648. The zero-order chi connectivity index (χ0) is 14.9. The minimum atomic E-state index is -2.81. The zero-order valence-corrected chi connectivity index (χ0v) is 10.3. The van der Waals surface area contributed by atoms with Crippen LogP contribution in [-0.2, 0) is 0 Å². The van der Waals surface area contributed by atoms with E-state index in [1.807, 2.05) is 0 Å². The fourth-order valence-electron chi connectivity index (χ4n) is 2.01. The molecule has 0 atom stereocenters. The predicted octanol–water partition coefficient (Wildman–Crippen LogP) is 4.39. The van der Waals surface area contributed by atoms with E-state index >= 15 is 0 Å². The van der Waals surface area contributed by atoms with E-state index in [0.717, 1.165) is 12.1 Å². The number of nitrogen functional groups attached to an aromatic ring is 2. The van der Waals surface area contributed by atoms with Crippen LogP contribution < -0.4 is 11.5 Å². The lowest BCUT2D eigenvalue weighted by atomic mass is 9.94. The van der Waals surface area contributed by atoms with Crippen LogP contribution in [0.15, 0.2) is 36.4 Å². The van der Waals surface area contributed by atoms with Gasteiger partial charge in [0.2, 0.25) is 0 Å². The maximum absolute atomic E-state index is 13.0. The van der Waals surface area contributed by atoms with Crippen molar-refractivity contribution in [3.05, 3.63) is 47.5 Å². The molecular weight excluding hydrogens is 272 g/mol. The summed E-state index contributed by atoms with van der Waals surface area (Å²) in [5, 5.41) is 0. The lowest BCUT2D eigenvalue weighted by Crippen LogP contribution is -1.98. The number of nitrogens with two attached hydrogens (primary N) is 2. The summed E-state index contributed by atoms with van der Waals surface area (Å²) in [5.41, 5.74) is 10.5. The van der Waals surface area contributed by atoms with Gasteiger partial charge in [0.15, 0.2) is 0 Å². The van der Waals surface area contributed by atoms with Crippen molar-refractivity contribution in [2.24, 2.45) is 0 Å². The van der Waals surface area contributed by atoms with E-state index in [4.69, 9.17) is 11.5 Å². The number of hydrogen-bond acceptors (Lipinski definition) is 2. The Kier molecular flexibility index (Phi) is 3.83. The van der Waals surface area contributed by atoms with E-state index in [0.29, 0.717) is 0 Å². The first-order chi connectivity index (χ1) is 9.40. The first-order valence-corrected chi connectivity index (χ1v) is 5.75. The predicted molar refractivity (Wildman–Crippen MR) is 70.6 cm³/mol. The van der Waals surface area contributed by atoms with E-state index < -0.39 is 12.9 Å². The summed E-state index contributed by atoms with van der Waals surface area (Å²) in [6, 6.07) is 7.60. The van der Waals surface area contributed by atoms with Crippen LogP contribution in [0.3, 0.4) is 0 Å². The van der Waals surface area contributed by atoms with Crippen LogP contribution in [0.2, 0.25) is 0 Å². The lowest BCUT2D eigenvalue weighted by Gasteiger charge is -2.14. The molecule has 2 aromatic rings. The Labute approximate surface area is 113 Å². The molecule has 0 spiro atoms. The number of benzene rings is 2. The van der Waals surface area contributed by atoms with Crippen LogP contribution in [0.25, 0.3) is 11.1 Å². The molecule has 20 heavy (non-hydrogen) atoms. The van der Waals surface area contributed by atoms with Crippen LogP contribution in [0.1, 0.15) is 24.0 Å². The van der Waals surface area contributed by atoms with Gasteiger partial charge in [-0.25, -0.2) is 17.6 Å². The molecule has 0 radical (unpaired) electrons. The maximum atomic E-state index is 13.0. The van der Waals surface area contributed by atoms with Crippen LogP contribution in [0, 0.1) is 0 Å². The average Bonchev–Trinajstić information content (AvgIpc) is 2.38. The summed E-state index contributed by atoms with van der Waals surface area (Å²) in [5.74, 6) is 0. The third-order valence-corrected chi connectivity index (χ3v) is 2.91.